The largest absolute Gasteiger partial charge is 0.494 e. The first-order valence-corrected chi connectivity index (χ1v) is 8.93. The summed E-state index contributed by atoms with van der Waals surface area (Å²) in [6.07, 6.45) is 1.60. The van der Waals surface area contributed by atoms with Crippen LogP contribution in [0.1, 0.15) is 18.1 Å². The Morgan fingerprint density at radius 2 is 1.70 bits per heavy atom. The lowest BCUT2D eigenvalue weighted by Crippen LogP contribution is -2.24. The Morgan fingerprint density at radius 1 is 1.04 bits per heavy atom. The van der Waals surface area contributed by atoms with Gasteiger partial charge < -0.3 is 4.74 Å². The summed E-state index contributed by atoms with van der Waals surface area (Å²) in [6, 6.07) is 16.8. The van der Waals surface area contributed by atoms with Crippen molar-refractivity contribution in [2.75, 3.05) is 13.7 Å². The Bertz CT molecular complexity index is 738. The van der Waals surface area contributed by atoms with E-state index < -0.39 is 10.0 Å². The van der Waals surface area contributed by atoms with Crippen LogP contribution in [0.15, 0.2) is 60.0 Å². The van der Waals surface area contributed by atoms with Gasteiger partial charge in [-0.1, -0.05) is 42.5 Å². The van der Waals surface area contributed by atoms with Crippen molar-refractivity contribution in [1.29, 1.82) is 0 Å². The number of hydrogen-bond donors (Lipinski definition) is 0. The van der Waals surface area contributed by atoms with Gasteiger partial charge in [-0.15, -0.1) is 0 Å². The Hall–Kier alpha value is -2.11. The molecule has 0 aliphatic carbocycles. The third kappa shape index (κ3) is 5.23. The zero-order valence-electron chi connectivity index (χ0n) is 13.3. The van der Waals surface area contributed by atoms with Crippen LogP contribution >= 0.6 is 0 Å². The molecule has 0 fully saturated rings. The second kappa shape index (κ2) is 7.94. The molecule has 0 heterocycles. The normalized spacial score (nSPS) is 12.0. The molecule has 0 bridgehead atoms. The highest BCUT2D eigenvalue weighted by atomic mass is 32.2. The number of ether oxygens (including phenoxy) is 1. The van der Waals surface area contributed by atoms with Crippen LogP contribution in [-0.4, -0.2) is 26.4 Å². The van der Waals surface area contributed by atoms with Gasteiger partial charge in [-0.2, -0.15) is 4.31 Å². The number of hydrogen-bond acceptors (Lipinski definition) is 3. The van der Waals surface area contributed by atoms with E-state index in [9.17, 15) is 8.42 Å². The van der Waals surface area contributed by atoms with Gasteiger partial charge in [0, 0.05) is 19.0 Å². The first-order valence-electron chi connectivity index (χ1n) is 7.42. The molecule has 0 saturated carbocycles. The number of benzene rings is 2. The lowest BCUT2D eigenvalue weighted by atomic mass is 10.2. The van der Waals surface area contributed by atoms with E-state index in [-0.39, 0.29) is 0 Å². The minimum absolute atomic E-state index is 0.313. The highest BCUT2D eigenvalue weighted by molar-refractivity contribution is 7.92. The minimum Gasteiger partial charge on any atom is -0.494 e. The zero-order chi connectivity index (χ0) is 16.7. The van der Waals surface area contributed by atoms with Crippen molar-refractivity contribution in [1.82, 2.24) is 4.31 Å². The Morgan fingerprint density at radius 3 is 2.30 bits per heavy atom. The van der Waals surface area contributed by atoms with E-state index in [4.69, 9.17) is 4.74 Å². The molecular formula is C18H21NO3S. The van der Waals surface area contributed by atoms with E-state index in [0.717, 1.165) is 16.9 Å². The molecule has 122 valence electrons. The molecule has 2 aromatic rings. The molecule has 0 N–H and O–H groups in total. The van der Waals surface area contributed by atoms with Crippen LogP contribution < -0.4 is 4.74 Å². The fraction of sp³-hybridized carbons (Fsp3) is 0.222. The Labute approximate surface area is 138 Å². The zero-order valence-corrected chi connectivity index (χ0v) is 14.2. The van der Waals surface area contributed by atoms with Crippen LogP contribution in [-0.2, 0) is 16.6 Å². The second-order valence-corrected chi connectivity index (χ2v) is 7.02. The van der Waals surface area contributed by atoms with Crippen LogP contribution in [0.2, 0.25) is 0 Å². The van der Waals surface area contributed by atoms with Gasteiger partial charge >= 0.3 is 0 Å². The first kappa shape index (κ1) is 17.2. The van der Waals surface area contributed by atoms with Gasteiger partial charge in [-0.25, -0.2) is 8.42 Å². The van der Waals surface area contributed by atoms with Crippen molar-refractivity contribution in [3.8, 4) is 5.75 Å². The lowest BCUT2D eigenvalue weighted by Gasteiger charge is -2.15. The summed E-state index contributed by atoms with van der Waals surface area (Å²) >= 11 is 0. The van der Waals surface area contributed by atoms with Crippen molar-refractivity contribution in [2.24, 2.45) is 0 Å². The molecule has 5 heteroatoms. The van der Waals surface area contributed by atoms with E-state index in [1.807, 2.05) is 61.5 Å². The standard InChI is InChI=1S/C18H21NO3S/c1-3-22-18-11-9-17(10-12-18)15-19(2)23(20,21)14-13-16-7-5-4-6-8-16/h4-14H,3,15H2,1-2H3/b14-13+. The number of rotatable bonds is 7. The van der Waals surface area contributed by atoms with Gasteiger partial charge in [0.15, 0.2) is 0 Å². The SMILES string of the molecule is CCOc1ccc(CN(C)S(=O)(=O)/C=C/c2ccccc2)cc1. The molecular weight excluding hydrogens is 310 g/mol. The maximum absolute atomic E-state index is 12.3. The summed E-state index contributed by atoms with van der Waals surface area (Å²) in [6.45, 7) is 2.85. The van der Waals surface area contributed by atoms with Crippen LogP contribution in [0.3, 0.4) is 0 Å². The van der Waals surface area contributed by atoms with E-state index >= 15 is 0 Å². The van der Waals surface area contributed by atoms with Crippen LogP contribution in [0.5, 0.6) is 5.75 Å². The van der Waals surface area contributed by atoms with Gasteiger partial charge in [0.1, 0.15) is 5.75 Å². The molecule has 4 nitrogen and oxygen atoms in total. The molecule has 0 radical (unpaired) electrons. The van der Waals surface area contributed by atoms with E-state index in [1.54, 1.807) is 13.1 Å². The molecule has 0 aliphatic heterocycles. The van der Waals surface area contributed by atoms with E-state index in [2.05, 4.69) is 0 Å². The van der Waals surface area contributed by atoms with Gasteiger partial charge in [-0.05, 0) is 36.3 Å². The summed E-state index contributed by atoms with van der Waals surface area (Å²) in [5, 5.41) is 1.23. The van der Waals surface area contributed by atoms with Crippen molar-refractivity contribution >= 4 is 16.1 Å². The first-order chi connectivity index (χ1) is 11.0. The molecule has 2 aromatic carbocycles. The molecule has 0 aromatic heterocycles. The highest BCUT2D eigenvalue weighted by Crippen LogP contribution is 2.15. The summed E-state index contributed by atoms with van der Waals surface area (Å²) in [4.78, 5) is 0. The van der Waals surface area contributed by atoms with E-state index in [1.165, 1.54) is 9.71 Å². The van der Waals surface area contributed by atoms with Crippen molar-refractivity contribution in [3.05, 3.63) is 71.1 Å². The van der Waals surface area contributed by atoms with Gasteiger partial charge in [0.05, 0.1) is 6.61 Å². The van der Waals surface area contributed by atoms with Crippen molar-refractivity contribution < 1.29 is 13.2 Å². The van der Waals surface area contributed by atoms with Crippen molar-refractivity contribution in [2.45, 2.75) is 13.5 Å². The summed E-state index contributed by atoms with van der Waals surface area (Å²) < 4.78 is 31.3. The van der Waals surface area contributed by atoms with Gasteiger partial charge in [-0.3, -0.25) is 0 Å². The summed E-state index contributed by atoms with van der Waals surface area (Å²) in [5.41, 5.74) is 1.76. The lowest BCUT2D eigenvalue weighted by molar-refractivity contribution is 0.340. The third-order valence-electron chi connectivity index (χ3n) is 3.31. The topological polar surface area (TPSA) is 46.6 Å². The molecule has 2 rings (SSSR count). The fourth-order valence-electron chi connectivity index (χ4n) is 2.04. The average Bonchev–Trinajstić information content (AvgIpc) is 2.56. The summed E-state index contributed by atoms with van der Waals surface area (Å²) in [7, 11) is -1.88. The quantitative estimate of drug-likeness (QED) is 0.780. The van der Waals surface area contributed by atoms with Gasteiger partial charge in [0.2, 0.25) is 10.0 Å². The fourth-order valence-corrected chi connectivity index (χ4v) is 2.90. The maximum Gasteiger partial charge on any atom is 0.236 e. The maximum atomic E-state index is 12.3. The predicted octanol–water partition coefficient (Wildman–Crippen LogP) is 3.52. The minimum atomic E-state index is -3.46. The number of sulfonamides is 1. The van der Waals surface area contributed by atoms with E-state index in [0.29, 0.717) is 13.2 Å². The molecule has 0 amide bonds. The highest BCUT2D eigenvalue weighted by Gasteiger charge is 2.14. The van der Waals surface area contributed by atoms with Crippen LogP contribution in [0.4, 0.5) is 0 Å². The Kier molecular flexibility index (Phi) is 5.96. The predicted molar refractivity (Wildman–Crippen MR) is 93.5 cm³/mol. The van der Waals surface area contributed by atoms with Gasteiger partial charge in [0.25, 0.3) is 0 Å². The van der Waals surface area contributed by atoms with Crippen molar-refractivity contribution in [3.63, 3.8) is 0 Å². The third-order valence-corrected chi connectivity index (χ3v) is 4.78. The number of nitrogens with zero attached hydrogens (tertiary/aromatic N) is 1. The Balaban J connectivity index is 2.03. The molecule has 23 heavy (non-hydrogen) atoms. The van der Waals surface area contributed by atoms with Crippen LogP contribution in [0, 0.1) is 0 Å². The average molecular weight is 331 g/mol. The molecule has 0 saturated heterocycles. The van der Waals surface area contributed by atoms with Crippen LogP contribution in [0.25, 0.3) is 6.08 Å². The molecule has 0 atom stereocenters. The molecule has 0 unspecified atom stereocenters. The monoisotopic (exact) mass is 331 g/mol. The summed E-state index contributed by atoms with van der Waals surface area (Å²) in [5.74, 6) is 0.783. The molecule has 0 spiro atoms. The second-order valence-electron chi connectivity index (χ2n) is 5.09. The smallest absolute Gasteiger partial charge is 0.236 e. The molecule has 0 aliphatic rings.